The Bertz CT molecular complexity index is 309. The van der Waals surface area contributed by atoms with Crippen LogP contribution >= 0.6 is 11.8 Å². The van der Waals surface area contributed by atoms with Crippen LogP contribution in [-0.4, -0.2) is 22.4 Å². The van der Waals surface area contributed by atoms with Crippen molar-refractivity contribution in [2.24, 2.45) is 0 Å². The molecule has 0 aliphatic heterocycles. The molecule has 0 saturated heterocycles. The second-order valence-corrected chi connectivity index (χ2v) is 5.82. The molecule has 1 heterocycles. The summed E-state index contributed by atoms with van der Waals surface area (Å²) < 4.78 is 5.22. The van der Waals surface area contributed by atoms with E-state index < -0.39 is 0 Å². The van der Waals surface area contributed by atoms with Crippen LogP contribution in [0.4, 0.5) is 0 Å². The summed E-state index contributed by atoms with van der Waals surface area (Å²) >= 11 is 1.81. The Kier molecular flexibility index (Phi) is 4.16. The van der Waals surface area contributed by atoms with Crippen molar-refractivity contribution in [3.63, 3.8) is 0 Å². The van der Waals surface area contributed by atoms with Crippen LogP contribution in [0.5, 0.6) is 0 Å². The largest absolute Gasteiger partial charge is 0.337 e. The molecule has 1 aromatic heterocycles. The van der Waals surface area contributed by atoms with Crippen LogP contribution in [0.15, 0.2) is 4.52 Å². The van der Waals surface area contributed by atoms with Gasteiger partial charge in [0.1, 0.15) is 0 Å². The fourth-order valence-electron chi connectivity index (χ4n) is 0.915. The molecular weight excluding hydrogens is 210 g/mol. The Labute approximate surface area is 95.2 Å². The van der Waals surface area contributed by atoms with Crippen LogP contribution in [0.2, 0.25) is 0 Å². The number of nitrogens with one attached hydrogen (secondary N) is 1. The first-order valence-corrected chi connectivity index (χ1v) is 6.14. The molecule has 0 aliphatic carbocycles. The van der Waals surface area contributed by atoms with Gasteiger partial charge in [0.05, 0.1) is 11.3 Å². The highest BCUT2D eigenvalue weighted by Gasteiger charge is 2.25. The predicted octanol–water partition coefficient (Wildman–Crippen LogP) is 2.17. The number of hydrogen-bond acceptors (Lipinski definition) is 5. The lowest BCUT2D eigenvalue weighted by Crippen LogP contribution is -2.33. The lowest BCUT2D eigenvalue weighted by Gasteiger charge is -2.17. The smallest absolute Gasteiger partial charge is 0.246 e. The van der Waals surface area contributed by atoms with Crippen molar-refractivity contribution in [2.45, 2.75) is 44.2 Å². The van der Waals surface area contributed by atoms with Crippen LogP contribution < -0.4 is 5.32 Å². The maximum absolute atomic E-state index is 5.22. The second kappa shape index (κ2) is 4.99. The van der Waals surface area contributed by atoms with Crippen molar-refractivity contribution < 1.29 is 4.52 Å². The molecule has 1 N–H and O–H groups in total. The molecule has 0 bridgehead atoms. The van der Waals surface area contributed by atoms with Crippen LogP contribution in [0.25, 0.3) is 0 Å². The van der Waals surface area contributed by atoms with Gasteiger partial charge in [-0.1, -0.05) is 19.0 Å². The van der Waals surface area contributed by atoms with Gasteiger partial charge in [-0.15, -0.1) is 0 Å². The van der Waals surface area contributed by atoms with Gasteiger partial charge in [-0.25, -0.2) is 0 Å². The van der Waals surface area contributed by atoms with E-state index in [1.54, 1.807) is 0 Å². The van der Waals surface area contributed by atoms with E-state index in [0.29, 0.717) is 11.1 Å². The summed E-state index contributed by atoms with van der Waals surface area (Å²) in [5, 5.41) is 7.68. The molecule has 1 rings (SSSR count). The maximum Gasteiger partial charge on any atom is 0.246 e. The minimum Gasteiger partial charge on any atom is -0.337 e. The first-order chi connectivity index (χ1) is 6.95. The lowest BCUT2D eigenvalue weighted by molar-refractivity contribution is 0.280. The number of thioether (sulfide) groups is 1. The predicted molar refractivity (Wildman–Crippen MR) is 62.8 cm³/mol. The number of rotatable bonds is 5. The summed E-state index contributed by atoms with van der Waals surface area (Å²) in [5.41, 5.74) is -0.256. The highest BCUT2D eigenvalue weighted by Crippen LogP contribution is 2.20. The highest BCUT2D eigenvalue weighted by atomic mass is 32.2. The summed E-state index contributed by atoms with van der Waals surface area (Å²) in [4.78, 5) is 4.36. The Morgan fingerprint density at radius 2 is 2.13 bits per heavy atom. The molecule has 0 aliphatic rings. The van der Waals surface area contributed by atoms with Crippen molar-refractivity contribution >= 4 is 11.8 Å². The summed E-state index contributed by atoms with van der Waals surface area (Å²) in [7, 11) is 1.88. The molecule has 86 valence electrons. The third-order valence-corrected chi connectivity index (χ3v) is 3.27. The second-order valence-electron chi connectivity index (χ2n) is 4.25. The van der Waals surface area contributed by atoms with Gasteiger partial charge in [-0.2, -0.15) is 16.7 Å². The van der Waals surface area contributed by atoms with Gasteiger partial charge < -0.3 is 9.84 Å². The Morgan fingerprint density at radius 3 is 2.67 bits per heavy atom. The van der Waals surface area contributed by atoms with Crippen molar-refractivity contribution in [1.82, 2.24) is 15.5 Å². The van der Waals surface area contributed by atoms with Crippen LogP contribution in [0.3, 0.4) is 0 Å². The van der Waals surface area contributed by atoms with Crippen molar-refractivity contribution in [1.29, 1.82) is 0 Å². The summed E-state index contributed by atoms with van der Waals surface area (Å²) in [6, 6.07) is 0. The molecule has 0 unspecified atom stereocenters. The highest BCUT2D eigenvalue weighted by molar-refractivity contribution is 7.99. The summed E-state index contributed by atoms with van der Waals surface area (Å²) in [6.07, 6.45) is 0. The first kappa shape index (κ1) is 12.5. The fourth-order valence-corrected chi connectivity index (χ4v) is 1.51. The molecule has 1 aromatic rings. The normalized spacial score (nSPS) is 12.4. The standard InChI is InChI=1S/C10H19N3OS/c1-7(2)15-6-8-12-9(14-13-8)10(3,4)11-5/h7,11H,6H2,1-5H3. The third kappa shape index (κ3) is 3.50. The molecule has 0 spiro atoms. The van der Waals surface area contributed by atoms with Crippen molar-refractivity contribution in [3.8, 4) is 0 Å². The van der Waals surface area contributed by atoms with Crippen molar-refractivity contribution in [3.05, 3.63) is 11.7 Å². The number of aromatic nitrogens is 2. The SMILES string of the molecule is CNC(C)(C)c1nc(CSC(C)C)no1. The molecule has 0 atom stereocenters. The molecule has 0 fully saturated rings. The summed E-state index contributed by atoms with van der Waals surface area (Å²) in [6.45, 7) is 8.34. The first-order valence-electron chi connectivity index (χ1n) is 5.09. The quantitative estimate of drug-likeness (QED) is 0.838. The monoisotopic (exact) mass is 229 g/mol. The molecule has 5 heteroatoms. The van der Waals surface area contributed by atoms with E-state index in [-0.39, 0.29) is 5.54 Å². The van der Waals surface area contributed by atoms with E-state index in [0.717, 1.165) is 11.6 Å². The Balaban J connectivity index is 2.64. The van der Waals surface area contributed by atoms with E-state index in [2.05, 4.69) is 29.3 Å². The van der Waals surface area contributed by atoms with Gasteiger partial charge in [0.15, 0.2) is 5.82 Å². The van der Waals surface area contributed by atoms with Gasteiger partial charge in [0.2, 0.25) is 5.89 Å². The molecule has 0 amide bonds. The van der Waals surface area contributed by atoms with E-state index in [1.807, 2.05) is 32.7 Å². The van der Waals surface area contributed by atoms with Crippen LogP contribution in [0, 0.1) is 0 Å². The average Bonchev–Trinajstić information content (AvgIpc) is 2.63. The molecule has 15 heavy (non-hydrogen) atoms. The zero-order valence-electron chi connectivity index (χ0n) is 10.00. The van der Waals surface area contributed by atoms with E-state index in [4.69, 9.17) is 4.52 Å². The molecule has 0 radical (unpaired) electrons. The van der Waals surface area contributed by atoms with Gasteiger partial charge in [0, 0.05) is 0 Å². The number of nitrogens with zero attached hydrogens (tertiary/aromatic N) is 2. The van der Waals surface area contributed by atoms with Gasteiger partial charge in [0.25, 0.3) is 0 Å². The van der Waals surface area contributed by atoms with E-state index in [1.165, 1.54) is 0 Å². The van der Waals surface area contributed by atoms with Gasteiger partial charge in [-0.05, 0) is 26.1 Å². The molecule has 4 nitrogen and oxygen atoms in total. The van der Waals surface area contributed by atoms with E-state index >= 15 is 0 Å². The number of hydrogen-bond donors (Lipinski definition) is 1. The zero-order chi connectivity index (χ0) is 11.5. The molecule has 0 saturated carbocycles. The topological polar surface area (TPSA) is 51.0 Å². The third-order valence-electron chi connectivity index (χ3n) is 2.17. The Morgan fingerprint density at radius 1 is 1.47 bits per heavy atom. The Hall–Kier alpha value is -0.550. The van der Waals surface area contributed by atoms with Crippen LogP contribution in [0.1, 0.15) is 39.4 Å². The van der Waals surface area contributed by atoms with Crippen LogP contribution in [-0.2, 0) is 11.3 Å². The van der Waals surface area contributed by atoms with E-state index in [9.17, 15) is 0 Å². The average molecular weight is 229 g/mol. The summed E-state index contributed by atoms with van der Waals surface area (Å²) in [5.74, 6) is 2.22. The van der Waals surface area contributed by atoms with Gasteiger partial charge in [-0.3, -0.25) is 0 Å². The zero-order valence-corrected chi connectivity index (χ0v) is 10.8. The minimum absolute atomic E-state index is 0.256. The lowest BCUT2D eigenvalue weighted by atomic mass is 10.1. The maximum atomic E-state index is 5.22. The minimum atomic E-state index is -0.256. The fraction of sp³-hybridized carbons (Fsp3) is 0.800. The van der Waals surface area contributed by atoms with Crippen molar-refractivity contribution in [2.75, 3.05) is 7.05 Å². The molecular formula is C10H19N3OS. The van der Waals surface area contributed by atoms with Gasteiger partial charge >= 0.3 is 0 Å². The molecule has 0 aromatic carbocycles.